The van der Waals surface area contributed by atoms with Crippen LogP contribution in [0.3, 0.4) is 0 Å². The Balaban J connectivity index is 3.39. The van der Waals surface area contributed by atoms with Gasteiger partial charge in [-0.3, -0.25) is 0 Å². The predicted octanol–water partition coefficient (Wildman–Crippen LogP) is 3.35. The molecule has 0 aliphatic heterocycles. The van der Waals surface area contributed by atoms with Gasteiger partial charge in [0.1, 0.15) is 5.75 Å². The normalized spacial score (nSPS) is 12.9. The van der Waals surface area contributed by atoms with Crippen LogP contribution in [-0.2, 0) is 14.9 Å². The van der Waals surface area contributed by atoms with Gasteiger partial charge in [-0.05, 0) is 24.5 Å². The number of aliphatic hydroxyl groups is 1. The van der Waals surface area contributed by atoms with Crippen LogP contribution < -0.4 is 4.74 Å². The average Bonchev–Trinajstić information content (AvgIpc) is 2.36. The van der Waals surface area contributed by atoms with E-state index >= 15 is 0 Å². The van der Waals surface area contributed by atoms with Crippen molar-refractivity contribution in [3.05, 3.63) is 27.7 Å². The highest BCUT2D eigenvalue weighted by Gasteiger charge is 2.28. The third kappa shape index (κ3) is 3.73. The second kappa shape index (κ2) is 6.59. The Hall–Kier alpha value is -1.07. The molecular formula is C15H21BrO4. The number of rotatable bonds is 4. The largest absolute Gasteiger partial charge is 0.496 e. The molecule has 1 aromatic carbocycles. The quantitative estimate of drug-likeness (QED) is 0.851. The van der Waals surface area contributed by atoms with Crippen LogP contribution in [0.15, 0.2) is 16.6 Å². The van der Waals surface area contributed by atoms with Gasteiger partial charge in [0, 0.05) is 15.6 Å². The molecule has 112 valence electrons. The second-order valence-electron chi connectivity index (χ2n) is 5.48. The lowest BCUT2D eigenvalue weighted by atomic mass is 9.84. The minimum atomic E-state index is -1.36. The van der Waals surface area contributed by atoms with E-state index in [9.17, 15) is 9.90 Å². The van der Waals surface area contributed by atoms with Gasteiger partial charge in [-0.2, -0.15) is 0 Å². The molecule has 0 aromatic heterocycles. The highest BCUT2D eigenvalue weighted by Crippen LogP contribution is 2.39. The average molecular weight is 345 g/mol. The highest BCUT2D eigenvalue weighted by atomic mass is 79.9. The molecule has 1 atom stereocenters. The lowest BCUT2D eigenvalue weighted by Crippen LogP contribution is -2.19. The van der Waals surface area contributed by atoms with Gasteiger partial charge >= 0.3 is 5.97 Å². The van der Waals surface area contributed by atoms with Crippen molar-refractivity contribution in [2.75, 3.05) is 13.7 Å². The van der Waals surface area contributed by atoms with E-state index in [2.05, 4.69) is 15.9 Å². The minimum absolute atomic E-state index is 0.182. The zero-order valence-corrected chi connectivity index (χ0v) is 14.1. The van der Waals surface area contributed by atoms with Gasteiger partial charge in [0.15, 0.2) is 6.10 Å². The monoisotopic (exact) mass is 344 g/mol. The molecule has 4 nitrogen and oxygen atoms in total. The minimum Gasteiger partial charge on any atom is -0.496 e. The van der Waals surface area contributed by atoms with E-state index in [1.165, 1.54) is 7.11 Å². The molecule has 1 N–H and O–H groups in total. The number of carbonyl (C=O) groups excluding carboxylic acids is 1. The summed E-state index contributed by atoms with van der Waals surface area (Å²) in [4.78, 5) is 11.7. The smallest absolute Gasteiger partial charge is 0.339 e. The van der Waals surface area contributed by atoms with E-state index in [1.54, 1.807) is 13.0 Å². The molecule has 20 heavy (non-hydrogen) atoms. The van der Waals surface area contributed by atoms with Gasteiger partial charge in [-0.1, -0.05) is 36.7 Å². The van der Waals surface area contributed by atoms with Gasteiger partial charge in [-0.15, -0.1) is 0 Å². The van der Waals surface area contributed by atoms with E-state index < -0.39 is 12.1 Å². The third-order valence-corrected chi connectivity index (χ3v) is 3.36. The zero-order chi connectivity index (χ0) is 15.5. The topological polar surface area (TPSA) is 55.8 Å². The van der Waals surface area contributed by atoms with Crippen molar-refractivity contribution in [3.63, 3.8) is 0 Å². The first-order valence-electron chi connectivity index (χ1n) is 6.45. The van der Waals surface area contributed by atoms with Crippen LogP contribution in [0.25, 0.3) is 0 Å². The fourth-order valence-corrected chi connectivity index (χ4v) is 2.43. The zero-order valence-electron chi connectivity index (χ0n) is 12.5. The van der Waals surface area contributed by atoms with Crippen molar-refractivity contribution < 1.29 is 19.4 Å². The van der Waals surface area contributed by atoms with Crippen molar-refractivity contribution in [1.29, 1.82) is 0 Å². The van der Waals surface area contributed by atoms with E-state index in [-0.39, 0.29) is 12.0 Å². The summed E-state index contributed by atoms with van der Waals surface area (Å²) in [6.07, 6.45) is -1.36. The molecule has 5 heteroatoms. The summed E-state index contributed by atoms with van der Waals surface area (Å²) in [7, 11) is 1.53. The molecule has 1 rings (SSSR count). The van der Waals surface area contributed by atoms with Gasteiger partial charge in [0.25, 0.3) is 0 Å². The standard InChI is InChI=1S/C15H21BrO4/c1-6-20-14(18)12(17)10-7-9(16)8-11(13(10)19-5)15(2,3)4/h7-8,12,17H,6H2,1-5H3. The third-order valence-electron chi connectivity index (χ3n) is 2.90. The van der Waals surface area contributed by atoms with Gasteiger partial charge in [0.2, 0.25) is 0 Å². The first-order chi connectivity index (χ1) is 9.22. The number of ether oxygens (including phenoxy) is 2. The van der Waals surface area contributed by atoms with Crippen LogP contribution in [0.4, 0.5) is 0 Å². The number of aliphatic hydroxyl groups excluding tert-OH is 1. The molecule has 0 heterocycles. The maximum Gasteiger partial charge on any atom is 0.339 e. The lowest BCUT2D eigenvalue weighted by molar-refractivity contribution is -0.153. The number of methoxy groups -OCH3 is 1. The molecule has 0 bridgehead atoms. The summed E-state index contributed by atoms with van der Waals surface area (Å²) in [6.45, 7) is 8.04. The Morgan fingerprint density at radius 2 is 2.00 bits per heavy atom. The Morgan fingerprint density at radius 1 is 1.40 bits per heavy atom. The number of esters is 1. The number of carbonyl (C=O) groups is 1. The Bertz CT molecular complexity index is 491. The summed E-state index contributed by atoms with van der Waals surface area (Å²) in [6, 6.07) is 3.61. The van der Waals surface area contributed by atoms with E-state index in [4.69, 9.17) is 9.47 Å². The fourth-order valence-electron chi connectivity index (χ4n) is 1.95. The fraction of sp³-hybridized carbons (Fsp3) is 0.533. The van der Waals surface area contributed by atoms with Crippen molar-refractivity contribution in [3.8, 4) is 5.75 Å². The highest BCUT2D eigenvalue weighted by molar-refractivity contribution is 9.10. The summed E-state index contributed by atoms with van der Waals surface area (Å²) >= 11 is 3.41. The summed E-state index contributed by atoms with van der Waals surface area (Å²) in [5.41, 5.74) is 1.14. The summed E-state index contributed by atoms with van der Waals surface area (Å²) < 4.78 is 11.1. The Morgan fingerprint density at radius 3 is 2.45 bits per heavy atom. The van der Waals surface area contributed by atoms with E-state index in [0.717, 1.165) is 10.0 Å². The molecular weight excluding hydrogens is 324 g/mol. The van der Waals surface area contributed by atoms with Crippen molar-refractivity contribution in [2.24, 2.45) is 0 Å². The molecule has 0 saturated carbocycles. The molecule has 0 saturated heterocycles. The van der Waals surface area contributed by atoms with Gasteiger partial charge < -0.3 is 14.6 Å². The molecule has 0 radical (unpaired) electrons. The maximum absolute atomic E-state index is 11.7. The lowest BCUT2D eigenvalue weighted by Gasteiger charge is -2.25. The predicted molar refractivity (Wildman–Crippen MR) is 81.0 cm³/mol. The van der Waals surface area contributed by atoms with Crippen LogP contribution in [0.5, 0.6) is 5.75 Å². The molecule has 0 aliphatic rings. The van der Waals surface area contributed by atoms with Crippen LogP contribution in [0.2, 0.25) is 0 Å². The van der Waals surface area contributed by atoms with Crippen LogP contribution in [0.1, 0.15) is 44.9 Å². The van der Waals surface area contributed by atoms with E-state index in [1.807, 2.05) is 26.8 Å². The van der Waals surface area contributed by atoms with Gasteiger partial charge in [-0.25, -0.2) is 4.79 Å². The molecule has 1 aromatic rings. The van der Waals surface area contributed by atoms with Crippen LogP contribution in [-0.4, -0.2) is 24.8 Å². The van der Waals surface area contributed by atoms with Crippen molar-refractivity contribution >= 4 is 21.9 Å². The number of benzene rings is 1. The van der Waals surface area contributed by atoms with Crippen molar-refractivity contribution in [2.45, 2.75) is 39.2 Å². The first kappa shape index (κ1) is 17.0. The Kier molecular flexibility index (Phi) is 5.59. The molecule has 0 amide bonds. The first-order valence-corrected chi connectivity index (χ1v) is 7.24. The van der Waals surface area contributed by atoms with Crippen LogP contribution in [0, 0.1) is 0 Å². The van der Waals surface area contributed by atoms with E-state index in [0.29, 0.717) is 11.3 Å². The molecule has 0 fully saturated rings. The Labute approximate surface area is 128 Å². The summed E-state index contributed by atoms with van der Waals surface area (Å²) in [5, 5.41) is 10.2. The maximum atomic E-state index is 11.7. The molecule has 0 aliphatic carbocycles. The number of hydrogen-bond acceptors (Lipinski definition) is 4. The number of hydrogen-bond donors (Lipinski definition) is 1. The second-order valence-corrected chi connectivity index (χ2v) is 6.40. The van der Waals surface area contributed by atoms with Gasteiger partial charge in [0.05, 0.1) is 13.7 Å². The summed E-state index contributed by atoms with van der Waals surface area (Å²) in [5.74, 6) is -0.162. The molecule has 0 spiro atoms. The number of halogens is 1. The molecule has 1 unspecified atom stereocenters. The van der Waals surface area contributed by atoms with Crippen LogP contribution >= 0.6 is 15.9 Å². The van der Waals surface area contributed by atoms with Crippen molar-refractivity contribution in [1.82, 2.24) is 0 Å². The SMILES string of the molecule is CCOC(=O)C(O)c1cc(Br)cc(C(C)(C)C)c1OC.